The normalized spacial score (nSPS) is 16.4. The summed E-state index contributed by atoms with van der Waals surface area (Å²) in [6, 6.07) is 15.5. The monoisotopic (exact) mass is 405 g/mol. The van der Waals surface area contributed by atoms with Crippen molar-refractivity contribution >= 4 is 22.7 Å². The maximum absolute atomic E-state index is 13.0. The first-order valence-corrected chi connectivity index (χ1v) is 10.4. The van der Waals surface area contributed by atoms with Crippen LogP contribution in [0.2, 0.25) is 0 Å². The van der Waals surface area contributed by atoms with Gasteiger partial charge < -0.3 is 19.9 Å². The zero-order valence-corrected chi connectivity index (χ0v) is 17.2. The summed E-state index contributed by atoms with van der Waals surface area (Å²) >= 11 is 0. The van der Waals surface area contributed by atoms with Crippen molar-refractivity contribution < 1.29 is 14.3 Å². The number of benzene rings is 2. The predicted molar refractivity (Wildman–Crippen MR) is 117 cm³/mol. The highest BCUT2D eigenvalue weighted by Gasteiger charge is 2.28. The number of methoxy groups -OCH3 is 1. The Morgan fingerprint density at radius 2 is 2.07 bits per heavy atom. The highest BCUT2D eigenvalue weighted by molar-refractivity contribution is 5.98. The molecule has 2 heterocycles. The summed E-state index contributed by atoms with van der Waals surface area (Å²) in [7, 11) is 1.65. The quantitative estimate of drug-likeness (QED) is 0.660. The Hall–Kier alpha value is -3.28. The molecule has 0 unspecified atom stereocenters. The Kier molecular flexibility index (Phi) is 6.02. The van der Waals surface area contributed by atoms with Crippen LogP contribution in [-0.4, -0.2) is 48.4 Å². The number of fused-ring (bicyclic) bond motifs is 1. The minimum atomic E-state index is -0.172. The van der Waals surface area contributed by atoms with E-state index in [0.717, 1.165) is 35.1 Å². The first-order chi connectivity index (χ1) is 14.7. The van der Waals surface area contributed by atoms with Crippen molar-refractivity contribution in [2.24, 2.45) is 5.92 Å². The molecular formula is C24H27N3O3. The average Bonchev–Trinajstić information content (AvgIpc) is 3.27. The minimum absolute atomic E-state index is 0.0157. The Balaban J connectivity index is 1.33. The number of hydrogen-bond acceptors (Lipinski definition) is 3. The number of aromatic amines is 1. The highest BCUT2D eigenvalue weighted by Crippen LogP contribution is 2.21. The maximum atomic E-state index is 13.0. The summed E-state index contributed by atoms with van der Waals surface area (Å²) in [4.78, 5) is 30.6. The fourth-order valence-electron chi connectivity index (χ4n) is 4.11. The van der Waals surface area contributed by atoms with E-state index in [4.69, 9.17) is 4.74 Å². The van der Waals surface area contributed by atoms with E-state index in [0.29, 0.717) is 31.6 Å². The van der Waals surface area contributed by atoms with E-state index in [9.17, 15) is 9.59 Å². The molecule has 2 amide bonds. The Labute approximate surface area is 176 Å². The molecule has 3 aromatic rings. The van der Waals surface area contributed by atoms with Gasteiger partial charge in [0.1, 0.15) is 5.75 Å². The van der Waals surface area contributed by atoms with Gasteiger partial charge in [-0.25, -0.2) is 0 Å². The molecule has 1 atom stereocenters. The van der Waals surface area contributed by atoms with Gasteiger partial charge in [-0.1, -0.05) is 24.3 Å². The van der Waals surface area contributed by atoms with Crippen LogP contribution in [0, 0.1) is 5.92 Å². The lowest BCUT2D eigenvalue weighted by atomic mass is 9.96. The lowest BCUT2D eigenvalue weighted by Crippen LogP contribution is -2.45. The number of carbonyl (C=O) groups is 2. The molecule has 6 nitrogen and oxygen atoms in total. The van der Waals surface area contributed by atoms with Crippen LogP contribution in [0.4, 0.5) is 0 Å². The Morgan fingerprint density at radius 3 is 2.93 bits per heavy atom. The lowest BCUT2D eigenvalue weighted by Gasteiger charge is -2.32. The standard InChI is InChI=1S/C24H27N3O3/c1-30-22-7-3-2-5-18(22)11-13-26-23(28)20-6-4-14-27(16-20)24(29)19-9-8-17-10-12-25-21(17)15-19/h2-3,5,7-10,12,15,20,25H,4,6,11,13-14,16H2,1H3,(H,26,28)/t20-/m1/s1. The molecule has 2 N–H and O–H groups in total. The third-order valence-corrected chi connectivity index (χ3v) is 5.77. The smallest absolute Gasteiger partial charge is 0.253 e. The number of likely N-dealkylation sites (tertiary alicyclic amines) is 1. The summed E-state index contributed by atoms with van der Waals surface area (Å²) in [5, 5.41) is 4.12. The molecule has 1 saturated heterocycles. The van der Waals surface area contributed by atoms with Crippen LogP contribution in [0.15, 0.2) is 54.7 Å². The lowest BCUT2D eigenvalue weighted by molar-refractivity contribution is -0.126. The molecule has 0 aliphatic carbocycles. The molecule has 1 aromatic heterocycles. The fraction of sp³-hybridized carbons (Fsp3) is 0.333. The van der Waals surface area contributed by atoms with Crippen LogP contribution in [0.25, 0.3) is 10.9 Å². The molecule has 4 rings (SSSR count). The van der Waals surface area contributed by atoms with Crippen molar-refractivity contribution in [2.75, 3.05) is 26.7 Å². The largest absolute Gasteiger partial charge is 0.496 e. The van der Waals surface area contributed by atoms with Gasteiger partial charge in [-0.2, -0.15) is 0 Å². The number of nitrogens with zero attached hydrogens (tertiary/aromatic N) is 1. The minimum Gasteiger partial charge on any atom is -0.496 e. The van der Waals surface area contributed by atoms with E-state index < -0.39 is 0 Å². The molecule has 0 spiro atoms. The number of rotatable bonds is 6. The number of H-pyrrole nitrogens is 1. The van der Waals surface area contributed by atoms with Gasteiger partial charge in [-0.05, 0) is 54.5 Å². The fourth-order valence-corrected chi connectivity index (χ4v) is 4.11. The third-order valence-electron chi connectivity index (χ3n) is 5.77. The molecule has 2 aromatic carbocycles. The van der Waals surface area contributed by atoms with Crippen LogP contribution in [0.1, 0.15) is 28.8 Å². The van der Waals surface area contributed by atoms with Gasteiger partial charge in [0.25, 0.3) is 5.91 Å². The number of para-hydroxylation sites is 1. The van der Waals surface area contributed by atoms with Crippen molar-refractivity contribution in [3.63, 3.8) is 0 Å². The van der Waals surface area contributed by atoms with Gasteiger partial charge in [0, 0.05) is 36.9 Å². The number of amides is 2. The highest BCUT2D eigenvalue weighted by atomic mass is 16.5. The molecule has 1 aliphatic heterocycles. The topological polar surface area (TPSA) is 74.4 Å². The first kappa shape index (κ1) is 20.0. The zero-order chi connectivity index (χ0) is 20.9. The Bertz CT molecular complexity index is 1040. The van der Waals surface area contributed by atoms with Gasteiger partial charge in [-0.3, -0.25) is 9.59 Å². The maximum Gasteiger partial charge on any atom is 0.253 e. The van der Waals surface area contributed by atoms with E-state index >= 15 is 0 Å². The van der Waals surface area contributed by atoms with Crippen molar-refractivity contribution in [1.29, 1.82) is 0 Å². The molecule has 156 valence electrons. The average molecular weight is 405 g/mol. The van der Waals surface area contributed by atoms with Crippen molar-refractivity contribution in [3.05, 3.63) is 65.9 Å². The summed E-state index contributed by atoms with van der Waals surface area (Å²) in [5.41, 5.74) is 2.67. The van der Waals surface area contributed by atoms with Crippen LogP contribution in [-0.2, 0) is 11.2 Å². The van der Waals surface area contributed by atoms with Crippen molar-refractivity contribution in [2.45, 2.75) is 19.3 Å². The van der Waals surface area contributed by atoms with Crippen molar-refractivity contribution in [1.82, 2.24) is 15.2 Å². The van der Waals surface area contributed by atoms with Gasteiger partial charge in [0.2, 0.25) is 5.91 Å². The summed E-state index contributed by atoms with van der Waals surface area (Å²) in [5.74, 6) is 0.662. The van der Waals surface area contributed by atoms with Crippen LogP contribution < -0.4 is 10.1 Å². The predicted octanol–water partition coefficient (Wildman–Crippen LogP) is 3.39. The first-order valence-electron chi connectivity index (χ1n) is 10.4. The summed E-state index contributed by atoms with van der Waals surface area (Å²) in [6.45, 7) is 1.70. The number of carbonyl (C=O) groups excluding carboxylic acids is 2. The number of aromatic nitrogens is 1. The number of hydrogen-bond donors (Lipinski definition) is 2. The van der Waals surface area contributed by atoms with Crippen LogP contribution in [0.3, 0.4) is 0 Å². The molecule has 0 bridgehead atoms. The second kappa shape index (κ2) is 9.03. The second-order valence-electron chi connectivity index (χ2n) is 7.72. The van der Waals surface area contributed by atoms with Crippen LogP contribution >= 0.6 is 0 Å². The van der Waals surface area contributed by atoms with E-state index in [1.165, 1.54) is 0 Å². The van der Waals surface area contributed by atoms with E-state index in [-0.39, 0.29) is 17.7 Å². The Morgan fingerprint density at radius 1 is 1.20 bits per heavy atom. The van der Waals surface area contributed by atoms with Gasteiger partial charge in [-0.15, -0.1) is 0 Å². The molecule has 0 saturated carbocycles. The number of ether oxygens (including phenoxy) is 1. The van der Waals surface area contributed by atoms with E-state index in [1.54, 1.807) is 12.0 Å². The van der Waals surface area contributed by atoms with Gasteiger partial charge >= 0.3 is 0 Å². The van der Waals surface area contributed by atoms with Gasteiger partial charge in [0.15, 0.2) is 0 Å². The second-order valence-corrected chi connectivity index (χ2v) is 7.72. The molecule has 30 heavy (non-hydrogen) atoms. The third kappa shape index (κ3) is 4.32. The van der Waals surface area contributed by atoms with Crippen molar-refractivity contribution in [3.8, 4) is 5.75 Å². The zero-order valence-electron chi connectivity index (χ0n) is 17.2. The summed E-state index contributed by atoms with van der Waals surface area (Å²) < 4.78 is 5.36. The molecular weight excluding hydrogens is 378 g/mol. The molecule has 1 aliphatic rings. The molecule has 0 radical (unpaired) electrons. The number of nitrogens with one attached hydrogen (secondary N) is 2. The van der Waals surface area contributed by atoms with Crippen LogP contribution in [0.5, 0.6) is 5.75 Å². The van der Waals surface area contributed by atoms with E-state index in [2.05, 4.69) is 10.3 Å². The van der Waals surface area contributed by atoms with E-state index in [1.807, 2.05) is 54.7 Å². The number of piperidine rings is 1. The SMILES string of the molecule is COc1ccccc1CCNC(=O)[C@@H]1CCCN(C(=O)c2ccc3cc[nH]c3c2)C1. The summed E-state index contributed by atoms with van der Waals surface area (Å²) in [6.07, 6.45) is 4.22. The molecule has 1 fully saturated rings. The van der Waals surface area contributed by atoms with Gasteiger partial charge in [0.05, 0.1) is 13.0 Å². The molecule has 6 heteroatoms.